The maximum absolute atomic E-state index is 10.6. The van der Waals surface area contributed by atoms with Gasteiger partial charge < -0.3 is 9.47 Å². The van der Waals surface area contributed by atoms with Gasteiger partial charge in [0.25, 0.3) is 0 Å². The number of carbonyl (C=O) groups excluding carboxylic acids is 1. The summed E-state index contributed by atoms with van der Waals surface area (Å²) in [4.78, 5) is 10.6. The van der Waals surface area contributed by atoms with E-state index in [2.05, 4.69) is 10.1 Å². The summed E-state index contributed by atoms with van der Waals surface area (Å²) < 4.78 is 9.18. The average Bonchev–Trinajstić information content (AvgIpc) is 2.37. The van der Waals surface area contributed by atoms with Crippen LogP contribution < -0.4 is 5.32 Å². The topological polar surface area (TPSA) is 47.6 Å². The summed E-state index contributed by atoms with van der Waals surface area (Å²) >= 11 is 0. The summed E-state index contributed by atoms with van der Waals surface area (Å²) in [6.45, 7) is 1.76. The van der Waals surface area contributed by atoms with Crippen LogP contribution in [0.3, 0.4) is 0 Å². The highest BCUT2D eigenvalue weighted by molar-refractivity contribution is 5.76. The van der Waals surface area contributed by atoms with Crippen molar-refractivity contribution in [1.82, 2.24) is 5.32 Å². The van der Waals surface area contributed by atoms with E-state index < -0.39 is 0 Å². The molecule has 1 radical (unpaired) electrons. The molecule has 1 aliphatic rings. The van der Waals surface area contributed by atoms with Crippen LogP contribution in [0.5, 0.6) is 0 Å². The molecule has 0 saturated carbocycles. The van der Waals surface area contributed by atoms with Crippen molar-refractivity contribution in [3.05, 3.63) is 6.73 Å². The predicted molar refractivity (Wildman–Crippen MR) is 29.2 cm³/mol. The zero-order valence-corrected chi connectivity index (χ0v) is 5.09. The third-order valence-corrected chi connectivity index (χ3v) is 1.10. The standard InChI is InChI=1S/C5H8NO3/c1-8-5(7)4-2-9-3-6-4/h3-4,6H,2H2,1H3/t4-/m0/s1. The molecule has 0 bridgehead atoms. The first-order chi connectivity index (χ1) is 4.34. The van der Waals surface area contributed by atoms with Gasteiger partial charge in [-0.15, -0.1) is 0 Å². The van der Waals surface area contributed by atoms with Crippen LogP contribution in [-0.4, -0.2) is 25.7 Å². The Kier molecular flexibility index (Phi) is 2.02. The van der Waals surface area contributed by atoms with E-state index in [0.717, 1.165) is 0 Å². The Morgan fingerprint density at radius 3 is 3.22 bits per heavy atom. The summed E-state index contributed by atoms with van der Waals surface area (Å²) in [5.41, 5.74) is 0. The van der Waals surface area contributed by atoms with Crippen molar-refractivity contribution in [2.45, 2.75) is 6.04 Å². The molecule has 0 spiro atoms. The summed E-state index contributed by atoms with van der Waals surface area (Å²) in [6, 6.07) is -0.310. The molecular formula is C5H8NO3. The van der Waals surface area contributed by atoms with Gasteiger partial charge in [-0.05, 0) is 0 Å². The lowest BCUT2D eigenvalue weighted by Crippen LogP contribution is -2.32. The lowest BCUT2D eigenvalue weighted by Gasteiger charge is -2.02. The molecule has 1 aliphatic heterocycles. The van der Waals surface area contributed by atoms with Gasteiger partial charge in [-0.1, -0.05) is 0 Å². The predicted octanol–water partition coefficient (Wildman–Crippen LogP) is -0.733. The third kappa shape index (κ3) is 1.40. The Hall–Kier alpha value is -0.610. The second-order valence-corrected chi connectivity index (χ2v) is 1.69. The quantitative estimate of drug-likeness (QED) is 0.475. The first kappa shape index (κ1) is 6.51. The summed E-state index contributed by atoms with van der Waals surface area (Å²) in [6.07, 6.45) is 0. The number of ether oxygens (including phenoxy) is 2. The molecule has 51 valence electrons. The number of nitrogens with one attached hydrogen (secondary N) is 1. The van der Waals surface area contributed by atoms with E-state index in [1.54, 1.807) is 0 Å². The summed E-state index contributed by atoms with van der Waals surface area (Å²) in [5, 5.41) is 2.69. The number of rotatable bonds is 1. The Morgan fingerprint density at radius 1 is 2.00 bits per heavy atom. The SMILES string of the molecule is COC(=O)[C@@H]1CO[CH]N1. The normalized spacial score (nSPS) is 26.1. The zero-order chi connectivity index (χ0) is 6.69. The number of hydrogen-bond acceptors (Lipinski definition) is 4. The van der Waals surface area contributed by atoms with E-state index in [4.69, 9.17) is 4.74 Å². The number of esters is 1. The fourth-order valence-electron chi connectivity index (χ4n) is 0.601. The van der Waals surface area contributed by atoms with Crippen molar-refractivity contribution in [1.29, 1.82) is 0 Å². The molecule has 1 fully saturated rings. The highest BCUT2D eigenvalue weighted by Gasteiger charge is 2.23. The van der Waals surface area contributed by atoms with E-state index in [0.29, 0.717) is 6.61 Å². The van der Waals surface area contributed by atoms with Gasteiger partial charge in [0, 0.05) is 0 Å². The van der Waals surface area contributed by atoms with Gasteiger partial charge in [0.1, 0.15) is 12.8 Å². The monoisotopic (exact) mass is 130 g/mol. The van der Waals surface area contributed by atoms with E-state index in [1.807, 2.05) is 0 Å². The second-order valence-electron chi connectivity index (χ2n) is 1.69. The van der Waals surface area contributed by atoms with E-state index in [-0.39, 0.29) is 12.0 Å². The van der Waals surface area contributed by atoms with Crippen LogP contribution in [0.15, 0.2) is 0 Å². The lowest BCUT2D eigenvalue weighted by atomic mass is 10.3. The summed E-state index contributed by atoms with van der Waals surface area (Å²) in [5.74, 6) is -0.288. The third-order valence-electron chi connectivity index (χ3n) is 1.10. The average molecular weight is 130 g/mol. The zero-order valence-electron chi connectivity index (χ0n) is 5.09. The fraction of sp³-hybridized carbons (Fsp3) is 0.600. The Bertz CT molecular complexity index is 109. The van der Waals surface area contributed by atoms with Gasteiger partial charge in [-0.25, -0.2) is 0 Å². The molecule has 0 aromatic heterocycles. The Labute approximate surface area is 53.1 Å². The van der Waals surface area contributed by atoms with E-state index in [9.17, 15) is 4.79 Å². The largest absolute Gasteiger partial charge is 0.468 e. The maximum Gasteiger partial charge on any atom is 0.325 e. The molecule has 1 saturated heterocycles. The molecule has 0 aliphatic carbocycles. The van der Waals surface area contributed by atoms with Gasteiger partial charge in [0.05, 0.1) is 13.7 Å². The minimum atomic E-state index is -0.310. The minimum Gasteiger partial charge on any atom is -0.468 e. The molecular weight excluding hydrogens is 122 g/mol. The van der Waals surface area contributed by atoms with Crippen LogP contribution in [0.1, 0.15) is 0 Å². The molecule has 0 aromatic carbocycles. The maximum atomic E-state index is 10.6. The lowest BCUT2D eigenvalue weighted by molar-refractivity contribution is -0.142. The molecule has 0 amide bonds. The molecule has 1 atom stereocenters. The first-order valence-electron chi connectivity index (χ1n) is 2.62. The minimum absolute atomic E-state index is 0.288. The Morgan fingerprint density at radius 2 is 2.78 bits per heavy atom. The van der Waals surface area contributed by atoms with Crippen molar-refractivity contribution >= 4 is 5.97 Å². The van der Waals surface area contributed by atoms with Gasteiger partial charge in [-0.2, -0.15) is 0 Å². The molecule has 1 N–H and O–H groups in total. The Balaban J connectivity index is 2.32. The van der Waals surface area contributed by atoms with Crippen molar-refractivity contribution in [2.75, 3.05) is 13.7 Å². The number of carbonyl (C=O) groups is 1. The van der Waals surface area contributed by atoms with Crippen molar-refractivity contribution in [2.24, 2.45) is 0 Å². The molecule has 1 heterocycles. The molecule has 1 rings (SSSR count). The van der Waals surface area contributed by atoms with Crippen molar-refractivity contribution in [3.63, 3.8) is 0 Å². The smallest absolute Gasteiger partial charge is 0.325 e. The van der Waals surface area contributed by atoms with Crippen LogP contribution in [0.4, 0.5) is 0 Å². The van der Waals surface area contributed by atoms with Crippen LogP contribution in [0, 0.1) is 6.73 Å². The van der Waals surface area contributed by atoms with E-state index >= 15 is 0 Å². The van der Waals surface area contributed by atoms with Crippen LogP contribution >= 0.6 is 0 Å². The molecule has 9 heavy (non-hydrogen) atoms. The molecule has 0 unspecified atom stereocenters. The molecule has 4 nitrogen and oxygen atoms in total. The summed E-state index contributed by atoms with van der Waals surface area (Å²) in [7, 11) is 1.35. The highest BCUT2D eigenvalue weighted by Crippen LogP contribution is 1.98. The highest BCUT2D eigenvalue weighted by atomic mass is 16.5. The van der Waals surface area contributed by atoms with Gasteiger partial charge >= 0.3 is 5.97 Å². The molecule has 0 aromatic rings. The first-order valence-corrected chi connectivity index (χ1v) is 2.62. The number of hydrogen-bond donors (Lipinski definition) is 1. The number of methoxy groups -OCH3 is 1. The van der Waals surface area contributed by atoms with Gasteiger partial charge in [-0.3, -0.25) is 10.1 Å². The van der Waals surface area contributed by atoms with Crippen LogP contribution in [-0.2, 0) is 14.3 Å². The van der Waals surface area contributed by atoms with Crippen LogP contribution in [0.2, 0.25) is 0 Å². The molecule has 4 heteroatoms. The van der Waals surface area contributed by atoms with Crippen LogP contribution in [0.25, 0.3) is 0 Å². The van der Waals surface area contributed by atoms with Gasteiger partial charge in [0.15, 0.2) is 0 Å². The fourth-order valence-corrected chi connectivity index (χ4v) is 0.601. The van der Waals surface area contributed by atoms with Gasteiger partial charge in [0.2, 0.25) is 0 Å². The van der Waals surface area contributed by atoms with Crippen molar-refractivity contribution in [3.8, 4) is 0 Å². The van der Waals surface area contributed by atoms with Crippen molar-refractivity contribution < 1.29 is 14.3 Å². The van der Waals surface area contributed by atoms with E-state index in [1.165, 1.54) is 13.8 Å². The second kappa shape index (κ2) is 2.80.